The number of ether oxygens (including phenoxy) is 1. The number of nitrogens with two attached hydrogens (primary N) is 1. The zero-order valence-electron chi connectivity index (χ0n) is 10.4. The van der Waals surface area contributed by atoms with Crippen LogP contribution in [0.25, 0.3) is 0 Å². The molecule has 1 saturated carbocycles. The minimum atomic E-state index is -0.413. The Morgan fingerprint density at radius 2 is 2.17 bits per heavy atom. The molecular weight excluding hydrogens is 233 g/mol. The van der Waals surface area contributed by atoms with E-state index in [-0.39, 0.29) is 5.75 Å². The highest BCUT2D eigenvalue weighted by molar-refractivity contribution is 5.98. The summed E-state index contributed by atoms with van der Waals surface area (Å²) < 4.78 is 18.5. The van der Waals surface area contributed by atoms with Crippen molar-refractivity contribution < 1.29 is 9.13 Å². The molecule has 0 aromatic heterocycles. The fraction of sp³-hybridized carbons (Fsp3) is 0.462. The number of amidine groups is 1. The molecule has 0 unspecified atom stereocenters. The number of hydrazine groups is 1. The zero-order chi connectivity index (χ0) is 13.0. The summed E-state index contributed by atoms with van der Waals surface area (Å²) in [6, 6.07) is 5.00. The average molecular weight is 251 g/mol. The molecule has 0 amide bonds. The summed E-state index contributed by atoms with van der Waals surface area (Å²) in [6.07, 6.45) is 4.54. The third kappa shape index (κ3) is 2.79. The minimum Gasteiger partial charge on any atom is -0.494 e. The number of hydrogen-bond donors (Lipinski definition) is 2. The van der Waals surface area contributed by atoms with Crippen LogP contribution in [0.1, 0.15) is 31.2 Å². The third-order valence-corrected chi connectivity index (χ3v) is 3.20. The lowest BCUT2D eigenvalue weighted by molar-refractivity contribution is 0.386. The number of halogens is 1. The standard InChI is InChI=1S/C13H18FN3O/c1-18-12-7-6-9(8-11(12)14)13(17-15)16-10-4-2-3-5-10/h6-8,10H,2-5,15H2,1H3,(H,16,17). The van der Waals surface area contributed by atoms with E-state index in [0.717, 1.165) is 12.8 Å². The van der Waals surface area contributed by atoms with Crippen molar-refractivity contribution in [3.8, 4) is 5.75 Å². The second-order valence-corrected chi connectivity index (χ2v) is 4.41. The number of nitrogens with one attached hydrogen (secondary N) is 1. The maximum atomic E-state index is 13.6. The van der Waals surface area contributed by atoms with Gasteiger partial charge in [-0.2, -0.15) is 0 Å². The molecule has 1 aliphatic rings. The van der Waals surface area contributed by atoms with Gasteiger partial charge in [0, 0.05) is 5.56 Å². The number of hydrogen-bond acceptors (Lipinski definition) is 3. The lowest BCUT2D eigenvalue weighted by atomic mass is 10.2. The molecule has 1 aliphatic carbocycles. The maximum Gasteiger partial charge on any atom is 0.165 e. The van der Waals surface area contributed by atoms with Gasteiger partial charge in [0.05, 0.1) is 13.2 Å². The summed E-state index contributed by atoms with van der Waals surface area (Å²) in [5, 5.41) is 0. The van der Waals surface area contributed by atoms with Gasteiger partial charge in [-0.25, -0.2) is 10.2 Å². The average Bonchev–Trinajstić information content (AvgIpc) is 2.88. The number of nitrogens with zero attached hydrogens (tertiary/aromatic N) is 1. The molecule has 0 bridgehead atoms. The predicted molar refractivity (Wildman–Crippen MR) is 69.1 cm³/mol. The lowest BCUT2D eigenvalue weighted by Gasteiger charge is -2.10. The maximum absolute atomic E-state index is 13.6. The van der Waals surface area contributed by atoms with Crippen molar-refractivity contribution in [1.29, 1.82) is 0 Å². The fourth-order valence-electron chi connectivity index (χ4n) is 2.22. The van der Waals surface area contributed by atoms with E-state index in [1.807, 2.05) is 0 Å². The van der Waals surface area contributed by atoms with Crippen molar-refractivity contribution in [2.45, 2.75) is 31.7 Å². The highest BCUT2D eigenvalue weighted by Crippen LogP contribution is 2.22. The van der Waals surface area contributed by atoms with Gasteiger partial charge in [-0.1, -0.05) is 12.8 Å². The minimum absolute atomic E-state index is 0.219. The van der Waals surface area contributed by atoms with Crippen molar-refractivity contribution in [3.63, 3.8) is 0 Å². The molecule has 0 radical (unpaired) electrons. The van der Waals surface area contributed by atoms with Gasteiger partial charge in [-0.3, -0.25) is 4.99 Å². The van der Waals surface area contributed by atoms with E-state index in [2.05, 4.69) is 10.4 Å². The van der Waals surface area contributed by atoms with E-state index in [4.69, 9.17) is 10.6 Å². The second kappa shape index (κ2) is 5.82. The second-order valence-electron chi connectivity index (χ2n) is 4.41. The smallest absolute Gasteiger partial charge is 0.165 e. The Labute approximate surface area is 106 Å². The predicted octanol–water partition coefficient (Wildman–Crippen LogP) is 1.99. The van der Waals surface area contributed by atoms with E-state index in [0.29, 0.717) is 17.4 Å². The Balaban J connectivity index is 2.24. The number of aliphatic imine (C=N–C) groups is 1. The molecule has 2 rings (SSSR count). The molecule has 0 saturated heterocycles. The van der Waals surface area contributed by atoms with E-state index < -0.39 is 5.82 Å². The Morgan fingerprint density at radius 1 is 1.44 bits per heavy atom. The van der Waals surface area contributed by atoms with Gasteiger partial charge in [-0.05, 0) is 31.0 Å². The molecule has 4 nitrogen and oxygen atoms in total. The van der Waals surface area contributed by atoms with E-state index in [9.17, 15) is 4.39 Å². The van der Waals surface area contributed by atoms with Gasteiger partial charge in [-0.15, -0.1) is 0 Å². The molecule has 18 heavy (non-hydrogen) atoms. The SMILES string of the molecule is COc1ccc(C(=NC2CCCC2)NN)cc1F. The van der Waals surface area contributed by atoms with Crippen LogP contribution >= 0.6 is 0 Å². The first-order valence-electron chi connectivity index (χ1n) is 6.13. The molecule has 0 spiro atoms. The first-order chi connectivity index (χ1) is 8.74. The van der Waals surface area contributed by atoms with Crippen LogP contribution in [0.4, 0.5) is 4.39 Å². The van der Waals surface area contributed by atoms with Crippen LogP contribution in [-0.4, -0.2) is 19.0 Å². The van der Waals surface area contributed by atoms with Gasteiger partial charge in [0.25, 0.3) is 0 Å². The van der Waals surface area contributed by atoms with Gasteiger partial charge in [0.2, 0.25) is 0 Å². The highest BCUT2D eigenvalue weighted by atomic mass is 19.1. The molecule has 0 aliphatic heterocycles. The summed E-state index contributed by atoms with van der Waals surface area (Å²) in [5.74, 6) is 5.81. The van der Waals surface area contributed by atoms with Crippen LogP contribution < -0.4 is 16.0 Å². The molecule has 3 N–H and O–H groups in total. The van der Waals surface area contributed by atoms with Crippen LogP contribution in [0.15, 0.2) is 23.2 Å². The van der Waals surface area contributed by atoms with Crippen molar-refractivity contribution in [2.75, 3.05) is 7.11 Å². The monoisotopic (exact) mass is 251 g/mol. The van der Waals surface area contributed by atoms with Crippen molar-refractivity contribution >= 4 is 5.84 Å². The summed E-state index contributed by atoms with van der Waals surface area (Å²) in [4.78, 5) is 4.53. The Morgan fingerprint density at radius 3 is 2.72 bits per heavy atom. The molecule has 5 heteroatoms. The molecule has 98 valence electrons. The van der Waals surface area contributed by atoms with E-state index >= 15 is 0 Å². The van der Waals surface area contributed by atoms with E-state index in [1.54, 1.807) is 12.1 Å². The third-order valence-electron chi connectivity index (χ3n) is 3.20. The number of rotatable bonds is 3. The lowest BCUT2D eigenvalue weighted by Crippen LogP contribution is -2.32. The first-order valence-corrected chi connectivity index (χ1v) is 6.13. The van der Waals surface area contributed by atoms with Gasteiger partial charge >= 0.3 is 0 Å². The molecule has 1 fully saturated rings. The molecule has 1 aromatic rings. The molecule has 0 heterocycles. The quantitative estimate of drug-likeness (QED) is 0.374. The van der Waals surface area contributed by atoms with Gasteiger partial charge in [0.1, 0.15) is 5.84 Å². The van der Waals surface area contributed by atoms with Crippen LogP contribution in [0.2, 0.25) is 0 Å². The van der Waals surface area contributed by atoms with Crippen molar-refractivity contribution in [3.05, 3.63) is 29.6 Å². The largest absolute Gasteiger partial charge is 0.494 e. The summed E-state index contributed by atoms with van der Waals surface area (Å²) in [6.45, 7) is 0. The molecule has 0 atom stereocenters. The van der Waals surface area contributed by atoms with Gasteiger partial charge < -0.3 is 10.2 Å². The van der Waals surface area contributed by atoms with Crippen LogP contribution in [-0.2, 0) is 0 Å². The topological polar surface area (TPSA) is 59.6 Å². The Kier molecular flexibility index (Phi) is 4.15. The fourth-order valence-corrected chi connectivity index (χ4v) is 2.22. The summed E-state index contributed by atoms with van der Waals surface area (Å²) >= 11 is 0. The van der Waals surface area contributed by atoms with Gasteiger partial charge in [0.15, 0.2) is 11.6 Å². The normalized spacial score (nSPS) is 16.9. The summed E-state index contributed by atoms with van der Waals surface area (Å²) in [5.41, 5.74) is 3.19. The summed E-state index contributed by atoms with van der Waals surface area (Å²) in [7, 11) is 1.44. The number of methoxy groups -OCH3 is 1. The Hall–Kier alpha value is -1.62. The Bertz CT molecular complexity index is 442. The van der Waals surface area contributed by atoms with Crippen molar-refractivity contribution in [1.82, 2.24) is 5.43 Å². The molecule has 1 aromatic carbocycles. The van der Waals surface area contributed by atoms with E-state index in [1.165, 1.54) is 26.0 Å². The van der Waals surface area contributed by atoms with Crippen LogP contribution in [0.3, 0.4) is 0 Å². The van der Waals surface area contributed by atoms with Crippen LogP contribution in [0, 0.1) is 5.82 Å². The molecular formula is C13H18FN3O. The number of benzene rings is 1. The first kappa shape index (κ1) is 12.8. The van der Waals surface area contributed by atoms with Crippen LogP contribution in [0.5, 0.6) is 5.75 Å². The van der Waals surface area contributed by atoms with Crippen molar-refractivity contribution in [2.24, 2.45) is 10.8 Å². The zero-order valence-corrected chi connectivity index (χ0v) is 10.4. The highest BCUT2D eigenvalue weighted by Gasteiger charge is 2.15.